The summed E-state index contributed by atoms with van der Waals surface area (Å²) < 4.78 is 0. The fourth-order valence-electron chi connectivity index (χ4n) is 4.66. The van der Waals surface area contributed by atoms with Gasteiger partial charge in [-0.05, 0) is 46.9 Å². The molecule has 4 atom stereocenters. The van der Waals surface area contributed by atoms with Gasteiger partial charge in [-0.1, -0.05) is 54.6 Å². The standard InChI is InChI=1S/C31H40N8O6/c32-23(9-4-14-36-31(34)35)28(43)37-24(15-18-10-12-21(41)13-11-18)29(44)38-25(30(45)39-26(17-40)27(33)42)16-20-7-3-6-19-5-1-2-8-22(19)20/h1-3,5-8,10-13,23-26,40-41H,4,9,14-17,32H2,(H2,33,42)(H,37,43)(H,38,44)(H,39,45)(H4,34,35,36)/t23-,24-,25-,26-/m0/s1. The molecule has 45 heavy (non-hydrogen) atoms. The van der Waals surface area contributed by atoms with Crippen LogP contribution in [0.25, 0.3) is 10.8 Å². The van der Waals surface area contributed by atoms with Crippen LogP contribution in [-0.4, -0.2) is 77.1 Å². The molecule has 13 N–H and O–H groups in total. The number of carbonyl (C=O) groups excluding carboxylic acids is 4. The Morgan fingerprint density at radius 1 is 0.756 bits per heavy atom. The van der Waals surface area contributed by atoms with Gasteiger partial charge in [0.05, 0.1) is 12.6 Å². The second kappa shape index (κ2) is 16.6. The number of phenols is 1. The molecule has 0 aromatic heterocycles. The lowest BCUT2D eigenvalue weighted by Crippen LogP contribution is -2.59. The van der Waals surface area contributed by atoms with Gasteiger partial charge < -0.3 is 49.1 Å². The fourth-order valence-corrected chi connectivity index (χ4v) is 4.66. The number of primary amides is 1. The molecule has 0 aliphatic rings. The van der Waals surface area contributed by atoms with E-state index in [2.05, 4.69) is 20.9 Å². The van der Waals surface area contributed by atoms with Crippen molar-refractivity contribution in [2.45, 2.75) is 49.9 Å². The molecule has 0 spiro atoms. The minimum atomic E-state index is -1.38. The number of aromatic hydroxyl groups is 1. The van der Waals surface area contributed by atoms with E-state index < -0.39 is 54.4 Å². The van der Waals surface area contributed by atoms with Crippen molar-refractivity contribution in [3.63, 3.8) is 0 Å². The van der Waals surface area contributed by atoms with Crippen LogP contribution >= 0.6 is 0 Å². The third-order valence-corrected chi connectivity index (χ3v) is 7.09. The molecule has 14 heteroatoms. The van der Waals surface area contributed by atoms with Crippen molar-refractivity contribution in [3.8, 4) is 5.75 Å². The molecule has 14 nitrogen and oxygen atoms in total. The number of aliphatic hydroxyl groups is 1. The summed E-state index contributed by atoms with van der Waals surface area (Å²) in [6.45, 7) is -0.470. The van der Waals surface area contributed by atoms with Crippen molar-refractivity contribution in [1.29, 1.82) is 0 Å². The molecule has 0 radical (unpaired) electrons. The van der Waals surface area contributed by atoms with Gasteiger partial charge in [-0.2, -0.15) is 0 Å². The van der Waals surface area contributed by atoms with Crippen LogP contribution in [-0.2, 0) is 32.0 Å². The number of nitrogens with one attached hydrogen (secondary N) is 3. The molecule has 4 amide bonds. The highest BCUT2D eigenvalue weighted by molar-refractivity contribution is 5.95. The minimum Gasteiger partial charge on any atom is -0.508 e. The van der Waals surface area contributed by atoms with Gasteiger partial charge in [0.25, 0.3) is 0 Å². The maximum atomic E-state index is 13.8. The normalized spacial score (nSPS) is 13.6. The minimum absolute atomic E-state index is 0.00172. The molecule has 0 fully saturated rings. The van der Waals surface area contributed by atoms with E-state index in [9.17, 15) is 29.4 Å². The molecule has 0 saturated heterocycles. The number of carbonyl (C=O) groups is 4. The molecule has 3 rings (SSSR count). The number of hydrogen-bond donors (Lipinski definition) is 9. The lowest BCUT2D eigenvalue weighted by atomic mass is 9.97. The zero-order valence-corrected chi connectivity index (χ0v) is 24.7. The van der Waals surface area contributed by atoms with Crippen LogP contribution in [0.3, 0.4) is 0 Å². The Morgan fingerprint density at radius 3 is 2.00 bits per heavy atom. The second-order valence-corrected chi connectivity index (χ2v) is 10.5. The largest absolute Gasteiger partial charge is 0.508 e. The first kappa shape index (κ1) is 34.3. The van der Waals surface area contributed by atoms with Gasteiger partial charge in [0.1, 0.15) is 23.9 Å². The number of nitrogens with zero attached hydrogens (tertiary/aromatic N) is 1. The van der Waals surface area contributed by atoms with Crippen LogP contribution in [0.15, 0.2) is 71.7 Å². The third kappa shape index (κ3) is 10.5. The van der Waals surface area contributed by atoms with Gasteiger partial charge in [0.2, 0.25) is 23.6 Å². The number of aliphatic hydroxyl groups excluding tert-OH is 1. The number of aliphatic imine (C=N–C) groups is 1. The summed E-state index contributed by atoms with van der Waals surface area (Å²) in [7, 11) is 0. The molecular formula is C31H40N8O6. The molecule has 0 aliphatic heterocycles. The molecule has 3 aromatic carbocycles. The highest BCUT2D eigenvalue weighted by atomic mass is 16.3. The summed E-state index contributed by atoms with van der Waals surface area (Å²) >= 11 is 0. The number of guanidine groups is 1. The number of fused-ring (bicyclic) bond motifs is 1. The van der Waals surface area contributed by atoms with Gasteiger partial charge in [-0.3, -0.25) is 24.2 Å². The van der Waals surface area contributed by atoms with E-state index in [0.717, 1.165) is 16.3 Å². The number of phenolic OH excluding ortho intramolecular Hbond substituents is 1. The van der Waals surface area contributed by atoms with E-state index in [1.807, 2.05) is 42.5 Å². The fraction of sp³-hybridized carbons (Fsp3) is 0.323. The van der Waals surface area contributed by atoms with Crippen LogP contribution in [0, 0.1) is 0 Å². The summed E-state index contributed by atoms with van der Waals surface area (Å²) in [6, 6.07) is 14.3. The number of nitrogens with two attached hydrogens (primary N) is 4. The Labute approximate surface area is 260 Å². The lowest BCUT2D eigenvalue weighted by Gasteiger charge is -2.25. The number of rotatable bonds is 16. The van der Waals surface area contributed by atoms with Gasteiger partial charge in [-0.25, -0.2) is 0 Å². The Hall–Kier alpha value is -5.21. The third-order valence-electron chi connectivity index (χ3n) is 7.09. The van der Waals surface area contributed by atoms with E-state index in [4.69, 9.17) is 22.9 Å². The van der Waals surface area contributed by atoms with Crippen molar-refractivity contribution < 1.29 is 29.4 Å². The molecular weight excluding hydrogens is 580 g/mol. The van der Waals surface area contributed by atoms with Gasteiger partial charge >= 0.3 is 0 Å². The molecule has 0 heterocycles. The summed E-state index contributed by atoms with van der Waals surface area (Å²) in [5.41, 5.74) is 23.4. The smallest absolute Gasteiger partial charge is 0.243 e. The summed E-state index contributed by atoms with van der Waals surface area (Å²) in [4.78, 5) is 55.9. The first-order valence-electron chi connectivity index (χ1n) is 14.3. The van der Waals surface area contributed by atoms with E-state index in [1.54, 1.807) is 12.1 Å². The highest BCUT2D eigenvalue weighted by Gasteiger charge is 2.30. The monoisotopic (exact) mass is 620 g/mol. The molecule has 240 valence electrons. The SMILES string of the molecule is NC(=O)[C@H](CO)NC(=O)[C@H](Cc1cccc2ccccc12)NC(=O)[C@H](Cc1ccc(O)cc1)NC(=O)[C@@H](N)CCCN=C(N)N. The Balaban J connectivity index is 1.88. The van der Waals surface area contributed by atoms with Crippen molar-refractivity contribution in [1.82, 2.24) is 16.0 Å². The predicted octanol–water partition coefficient (Wildman–Crippen LogP) is -1.36. The number of benzene rings is 3. The lowest BCUT2D eigenvalue weighted by molar-refractivity contribution is -0.133. The van der Waals surface area contributed by atoms with Crippen LogP contribution in [0.1, 0.15) is 24.0 Å². The average molecular weight is 621 g/mol. The van der Waals surface area contributed by atoms with Gasteiger partial charge in [-0.15, -0.1) is 0 Å². The maximum absolute atomic E-state index is 13.8. The molecule has 0 aliphatic carbocycles. The average Bonchev–Trinajstić information content (AvgIpc) is 3.01. The van der Waals surface area contributed by atoms with E-state index in [0.29, 0.717) is 12.0 Å². The highest BCUT2D eigenvalue weighted by Crippen LogP contribution is 2.20. The van der Waals surface area contributed by atoms with Crippen LogP contribution in [0.5, 0.6) is 5.75 Å². The molecule has 0 unspecified atom stereocenters. The quantitative estimate of drug-likeness (QED) is 0.0520. The topological polar surface area (TPSA) is 261 Å². The van der Waals surface area contributed by atoms with Crippen molar-refractivity contribution in [3.05, 3.63) is 77.9 Å². The van der Waals surface area contributed by atoms with Crippen molar-refractivity contribution in [2.75, 3.05) is 13.2 Å². The van der Waals surface area contributed by atoms with Crippen molar-refractivity contribution >= 4 is 40.4 Å². The molecule has 0 bridgehead atoms. The van der Waals surface area contributed by atoms with Crippen LogP contribution < -0.4 is 38.9 Å². The second-order valence-electron chi connectivity index (χ2n) is 10.5. The Morgan fingerprint density at radius 2 is 1.36 bits per heavy atom. The first-order chi connectivity index (χ1) is 21.5. The summed E-state index contributed by atoms with van der Waals surface area (Å²) in [5.74, 6) is -3.09. The van der Waals surface area contributed by atoms with Gasteiger partial charge in [0, 0.05) is 19.4 Å². The van der Waals surface area contributed by atoms with E-state index in [-0.39, 0.29) is 37.5 Å². The Bertz CT molecular complexity index is 1500. The summed E-state index contributed by atoms with van der Waals surface area (Å²) in [6.07, 6.45) is 0.667. The first-order valence-corrected chi connectivity index (χ1v) is 14.3. The number of amides is 4. The summed E-state index contributed by atoms with van der Waals surface area (Å²) in [5, 5.41) is 28.8. The van der Waals surface area contributed by atoms with Crippen LogP contribution in [0.4, 0.5) is 0 Å². The Kier molecular flexibility index (Phi) is 12.6. The van der Waals surface area contributed by atoms with Gasteiger partial charge in [0.15, 0.2) is 5.96 Å². The molecule has 3 aromatic rings. The van der Waals surface area contributed by atoms with E-state index >= 15 is 0 Å². The van der Waals surface area contributed by atoms with Crippen LogP contribution in [0.2, 0.25) is 0 Å². The predicted molar refractivity (Wildman–Crippen MR) is 169 cm³/mol. The van der Waals surface area contributed by atoms with E-state index in [1.165, 1.54) is 12.1 Å². The zero-order valence-electron chi connectivity index (χ0n) is 24.7. The zero-order chi connectivity index (χ0) is 32.9. The van der Waals surface area contributed by atoms with Crippen molar-refractivity contribution in [2.24, 2.45) is 27.9 Å². The number of hydrogen-bond acceptors (Lipinski definition) is 8. The molecule has 0 saturated carbocycles. The maximum Gasteiger partial charge on any atom is 0.243 e.